The van der Waals surface area contributed by atoms with Crippen LogP contribution in [0.15, 0.2) is 30.5 Å². The summed E-state index contributed by atoms with van der Waals surface area (Å²) in [6.07, 6.45) is 5.48. The number of H-pyrrole nitrogens is 1. The summed E-state index contributed by atoms with van der Waals surface area (Å²) >= 11 is 0. The Bertz CT molecular complexity index is 1010. The maximum Gasteiger partial charge on any atom is 0.256 e. The molecule has 164 valence electrons. The van der Waals surface area contributed by atoms with Gasteiger partial charge in [0.15, 0.2) is 0 Å². The summed E-state index contributed by atoms with van der Waals surface area (Å²) in [5, 5.41) is 2.95. The number of morpholine rings is 1. The van der Waals surface area contributed by atoms with Crippen LogP contribution in [0.5, 0.6) is 0 Å². The number of likely N-dealkylation sites (tertiary alicyclic amines) is 1. The molecule has 2 aromatic rings. The Hall–Kier alpha value is -2.61. The number of fused-ring (bicyclic) bond motifs is 1. The minimum Gasteiger partial charge on any atom is -0.379 e. The van der Waals surface area contributed by atoms with Gasteiger partial charge in [-0.1, -0.05) is 6.07 Å². The molecule has 2 amide bonds. The highest BCUT2D eigenvalue weighted by Gasteiger charge is 2.26. The molecule has 0 atom stereocenters. The Morgan fingerprint density at radius 1 is 1.03 bits per heavy atom. The number of anilines is 1. The van der Waals surface area contributed by atoms with E-state index in [1.807, 2.05) is 35.4 Å². The summed E-state index contributed by atoms with van der Waals surface area (Å²) in [7, 11) is 0. The number of aromatic amines is 1. The van der Waals surface area contributed by atoms with Crippen LogP contribution < -0.4 is 5.32 Å². The molecule has 3 aliphatic heterocycles. The molecule has 1 aromatic heterocycles. The molecule has 0 saturated carbocycles. The number of halogens is 1. The van der Waals surface area contributed by atoms with Crippen LogP contribution in [0, 0.1) is 0 Å². The molecule has 4 heterocycles. The molecule has 5 rings (SSSR count). The second kappa shape index (κ2) is 9.26. The quantitative estimate of drug-likeness (QED) is 0.698. The number of hydrogen-bond donors (Lipinski definition) is 2. The van der Waals surface area contributed by atoms with Crippen LogP contribution >= 0.6 is 12.4 Å². The largest absolute Gasteiger partial charge is 0.379 e. The van der Waals surface area contributed by atoms with Gasteiger partial charge in [0.2, 0.25) is 5.91 Å². The van der Waals surface area contributed by atoms with Crippen molar-refractivity contribution in [2.24, 2.45) is 0 Å². The molecule has 0 bridgehead atoms. The summed E-state index contributed by atoms with van der Waals surface area (Å²) < 4.78 is 5.41. The molecule has 3 aliphatic rings. The fraction of sp³-hybridized carbons (Fsp3) is 0.391. The van der Waals surface area contributed by atoms with Crippen LogP contribution in [-0.2, 0) is 27.4 Å². The van der Waals surface area contributed by atoms with Crippen molar-refractivity contribution in [1.82, 2.24) is 14.8 Å². The first-order valence-electron chi connectivity index (χ1n) is 10.6. The van der Waals surface area contributed by atoms with Crippen molar-refractivity contribution in [3.63, 3.8) is 0 Å². The van der Waals surface area contributed by atoms with Gasteiger partial charge < -0.3 is 19.9 Å². The number of nitrogens with one attached hydrogen (secondary N) is 2. The van der Waals surface area contributed by atoms with Crippen LogP contribution in [0.25, 0.3) is 11.6 Å². The van der Waals surface area contributed by atoms with Crippen LogP contribution in [0.1, 0.15) is 35.2 Å². The molecule has 1 aromatic carbocycles. The third kappa shape index (κ3) is 4.69. The molecule has 8 heteroatoms. The number of aromatic nitrogens is 1. The van der Waals surface area contributed by atoms with Crippen molar-refractivity contribution in [3.8, 4) is 0 Å². The first-order valence-corrected chi connectivity index (χ1v) is 10.6. The minimum absolute atomic E-state index is 0. The summed E-state index contributed by atoms with van der Waals surface area (Å²) in [6, 6.07) is 8.05. The van der Waals surface area contributed by atoms with E-state index in [2.05, 4.69) is 21.3 Å². The Balaban J connectivity index is 0.00000231. The Morgan fingerprint density at radius 2 is 1.87 bits per heavy atom. The smallest absolute Gasteiger partial charge is 0.256 e. The molecule has 7 nitrogen and oxygen atoms in total. The molecule has 0 spiro atoms. The molecule has 2 fully saturated rings. The fourth-order valence-electron chi connectivity index (χ4n) is 4.38. The average Bonchev–Trinajstić information content (AvgIpc) is 3.44. The van der Waals surface area contributed by atoms with E-state index < -0.39 is 0 Å². The highest BCUT2D eigenvalue weighted by molar-refractivity contribution is 6.34. The zero-order valence-electron chi connectivity index (χ0n) is 17.4. The van der Waals surface area contributed by atoms with Gasteiger partial charge in [-0.2, -0.15) is 0 Å². The fourth-order valence-corrected chi connectivity index (χ4v) is 4.38. The first-order chi connectivity index (χ1) is 14.7. The van der Waals surface area contributed by atoms with Gasteiger partial charge in [0, 0.05) is 62.3 Å². The molecule has 2 saturated heterocycles. The summed E-state index contributed by atoms with van der Waals surface area (Å²) in [5.74, 6) is 0.114. The van der Waals surface area contributed by atoms with Gasteiger partial charge in [-0.15, -0.1) is 12.4 Å². The number of nitrogens with zero attached hydrogens (tertiary/aromatic N) is 2. The minimum atomic E-state index is -0.0938. The summed E-state index contributed by atoms with van der Waals surface area (Å²) in [6.45, 7) is 5.73. The number of ether oxygens (including phenoxy) is 1. The topological polar surface area (TPSA) is 77.7 Å². The third-order valence-corrected chi connectivity index (χ3v) is 5.99. The van der Waals surface area contributed by atoms with Crippen molar-refractivity contribution in [2.75, 3.05) is 38.2 Å². The van der Waals surface area contributed by atoms with Crippen LogP contribution in [-0.4, -0.2) is 59.4 Å². The highest BCUT2D eigenvalue weighted by Crippen LogP contribution is 2.34. The van der Waals surface area contributed by atoms with E-state index in [0.717, 1.165) is 68.3 Å². The molecule has 31 heavy (non-hydrogen) atoms. The Kier molecular flexibility index (Phi) is 6.46. The maximum atomic E-state index is 12.6. The van der Waals surface area contributed by atoms with Gasteiger partial charge >= 0.3 is 0 Å². The lowest BCUT2D eigenvalue weighted by Gasteiger charge is -2.25. The van der Waals surface area contributed by atoms with Crippen LogP contribution in [0.4, 0.5) is 5.69 Å². The van der Waals surface area contributed by atoms with Gasteiger partial charge in [-0.25, -0.2) is 0 Å². The highest BCUT2D eigenvalue weighted by atomic mass is 35.5. The lowest BCUT2D eigenvalue weighted by atomic mass is 10.0. The van der Waals surface area contributed by atoms with Gasteiger partial charge in [0.1, 0.15) is 0 Å². The zero-order chi connectivity index (χ0) is 20.5. The van der Waals surface area contributed by atoms with E-state index in [0.29, 0.717) is 18.5 Å². The van der Waals surface area contributed by atoms with Gasteiger partial charge in [-0.05, 0) is 41.8 Å². The lowest BCUT2D eigenvalue weighted by molar-refractivity contribution is -0.128. The van der Waals surface area contributed by atoms with Crippen LogP contribution in [0.3, 0.4) is 0 Å². The number of carbonyl (C=O) groups excluding carboxylic acids is 2. The van der Waals surface area contributed by atoms with E-state index in [9.17, 15) is 9.59 Å². The number of amides is 2. The second-order valence-corrected chi connectivity index (χ2v) is 8.16. The monoisotopic (exact) mass is 442 g/mol. The maximum absolute atomic E-state index is 12.6. The standard InChI is InChI=1S/C23H26N4O3.ClH/c28-22-2-1-5-27(22)15-16-3-4-21-19(11-16)20(23(29)25-21)12-18-10-17(13-24-18)14-26-6-8-30-9-7-26;/h3-4,10-13,24H,1-2,5-9,14-15H2,(H,25,29);1H/b20-12-;. The predicted octanol–water partition coefficient (Wildman–Crippen LogP) is 2.88. The normalized spacial score (nSPS) is 20.1. The zero-order valence-corrected chi connectivity index (χ0v) is 18.2. The second-order valence-electron chi connectivity index (χ2n) is 8.16. The Labute approximate surface area is 187 Å². The molecule has 0 aliphatic carbocycles. The predicted molar refractivity (Wildman–Crippen MR) is 122 cm³/mol. The molecular formula is C23H27ClN4O3. The first kappa shape index (κ1) is 21.6. The number of benzene rings is 1. The van der Waals surface area contributed by atoms with Gasteiger partial charge in [0.25, 0.3) is 5.91 Å². The van der Waals surface area contributed by atoms with Gasteiger partial charge in [0.05, 0.1) is 18.8 Å². The van der Waals surface area contributed by atoms with Crippen molar-refractivity contribution < 1.29 is 14.3 Å². The molecule has 0 radical (unpaired) electrons. The van der Waals surface area contributed by atoms with E-state index in [-0.39, 0.29) is 24.2 Å². The molecular weight excluding hydrogens is 416 g/mol. The van der Waals surface area contributed by atoms with Crippen molar-refractivity contribution >= 4 is 41.6 Å². The van der Waals surface area contributed by atoms with E-state index in [1.165, 1.54) is 5.56 Å². The van der Waals surface area contributed by atoms with E-state index in [4.69, 9.17) is 4.74 Å². The summed E-state index contributed by atoms with van der Waals surface area (Å²) in [4.78, 5) is 32.1. The number of rotatable bonds is 5. The Morgan fingerprint density at radius 3 is 2.65 bits per heavy atom. The lowest BCUT2D eigenvalue weighted by Crippen LogP contribution is -2.35. The van der Waals surface area contributed by atoms with Crippen molar-refractivity contribution in [1.29, 1.82) is 0 Å². The average molecular weight is 443 g/mol. The number of hydrogen-bond acceptors (Lipinski definition) is 4. The number of carbonyl (C=O) groups is 2. The third-order valence-electron chi connectivity index (χ3n) is 5.99. The summed E-state index contributed by atoms with van der Waals surface area (Å²) in [5.41, 5.74) is 5.53. The molecule has 0 unspecified atom stereocenters. The molecule has 2 N–H and O–H groups in total. The van der Waals surface area contributed by atoms with Crippen molar-refractivity contribution in [3.05, 3.63) is 52.8 Å². The van der Waals surface area contributed by atoms with Gasteiger partial charge in [-0.3, -0.25) is 14.5 Å². The van der Waals surface area contributed by atoms with Crippen LogP contribution in [0.2, 0.25) is 0 Å². The van der Waals surface area contributed by atoms with E-state index in [1.54, 1.807) is 0 Å². The van der Waals surface area contributed by atoms with Crippen molar-refractivity contribution in [2.45, 2.75) is 25.9 Å². The SMILES string of the molecule is Cl.O=C1Nc2ccc(CN3CCCC3=O)cc2/C1=C/c1cc(CN2CCOCC2)c[nH]1. The van der Waals surface area contributed by atoms with E-state index >= 15 is 0 Å².